The summed E-state index contributed by atoms with van der Waals surface area (Å²) >= 11 is 2.25. The van der Waals surface area contributed by atoms with Crippen molar-refractivity contribution in [1.82, 2.24) is 0 Å². The van der Waals surface area contributed by atoms with E-state index < -0.39 is 6.10 Å². The summed E-state index contributed by atoms with van der Waals surface area (Å²) < 4.78 is 6.84. The number of hydrogen-bond donors (Lipinski definition) is 1. The molecule has 0 aliphatic heterocycles. The van der Waals surface area contributed by atoms with E-state index in [0.29, 0.717) is 6.10 Å². The molecule has 3 heteroatoms. The van der Waals surface area contributed by atoms with Gasteiger partial charge in [-0.1, -0.05) is 30.3 Å². The lowest BCUT2D eigenvalue weighted by molar-refractivity contribution is 0.218. The standard InChI is InChI=1S/C16H15IO2/c17-15-7-2-1-6-14(15)16(18)11-4-3-5-13(10-11)19-12-8-9-12/h1-7,10,12,16,18H,8-9H2. The van der Waals surface area contributed by atoms with Gasteiger partial charge in [0.2, 0.25) is 0 Å². The minimum absolute atomic E-state index is 0.379. The summed E-state index contributed by atoms with van der Waals surface area (Å²) in [5, 5.41) is 10.5. The first-order chi connectivity index (χ1) is 9.24. The second-order valence-corrected chi connectivity index (χ2v) is 5.98. The summed E-state index contributed by atoms with van der Waals surface area (Å²) in [5.74, 6) is 0.852. The summed E-state index contributed by atoms with van der Waals surface area (Å²) in [5.41, 5.74) is 1.81. The van der Waals surface area contributed by atoms with Gasteiger partial charge in [0.1, 0.15) is 11.9 Å². The summed E-state index contributed by atoms with van der Waals surface area (Å²) in [6.45, 7) is 0. The molecule has 0 bridgehead atoms. The molecule has 1 aliphatic rings. The number of aliphatic hydroxyl groups is 1. The molecule has 2 aromatic rings. The minimum atomic E-state index is -0.601. The molecule has 0 saturated heterocycles. The van der Waals surface area contributed by atoms with E-state index in [1.807, 2.05) is 48.5 Å². The van der Waals surface area contributed by atoms with Crippen molar-refractivity contribution >= 4 is 22.6 Å². The highest BCUT2D eigenvalue weighted by atomic mass is 127. The van der Waals surface area contributed by atoms with Gasteiger partial charge in [-0.3, -0.25) is 0 Å². The van der Waals surface area contributed by atoms with Crippen LogP contribution in [0.4, 0.5) is 0 Å². The van der Waals surface area contributed by atoms with Gasteiger partial charge < -0.3 is 9.84 Å². The van der Waals surface area contributed by atoms with Crippen LogP contribution in [0.2, 0.25) is 0 Å². The number of ether oxygens (including phenoxy) is 1. The molecule has 1 fully saturated rings. The summed E-state index contributed by atoms with van der Waals surface area (Å²) in [4.78, 5) is 0. The van der Waals surface area contributed by atoms with Crippen molar-refractivity contribution in [3.05, 3.63) is 63.2 Å². The van der Waals surface area contributed by atoms with Gasteiger partial charge in [0.15, 0.2) is 0 Å². The van der Waals surface area contributed by atoms with Crippen LogP contribution in [-0.4, -0.2) is 11.2 Å². The number of halogens is 1. The summed E-state index contributed by atoms with van der Waals surface area (Å²) in [6.07, 6.45) is 2.06. The second-order valence-electron chi connectivity index (χ2n) is 4.81. The van der Waals surface area contributed by atoms with Crippen LogP contribution in [0.25, 0.3) is 0 Å². The highest BCUT2D eigenvalue weighted by Gasteiger charge is 2.23. The molecule has 3 rings (SSSR count). The molecule has 1 aliphatic carbocycles. The Labute approximate surface area is 126 Å². The SMILES string of the molecule is OC(c1cccc(OC2CC2)c1)c1ccccc1I. The number of aliphatic hydroxyl groups excluding tert-OH is 1. The molecule has 1 N–H and O–H groups in total. The minimum Gasteiger partial charge on any atom is -0.490 e. The largest absolute Gasteiger partial charge is 0.490 e. The molecule has 0 heterocycles. The van der Waals surface area contributed by atoms with Crippen LogP contribution in [0.15, 0.2) is 48.5 Å². The van der Waals surface area contributed by atoms with Gasteiger partial charge >= 0.3 is 0 Å². The fourth-order valence-electron chi connectivity index (χ4n) is 2.01. The van der Waals surface area contributed by atoms with Crippen molar-refractivity contribution in [3.63, 3.8) is 0 Å². The van der Waals surface area contributed by atoms with Crippen LogP contribution in [-0.2, 0) is 0 Å². The Kier molecular flexibility index (Phi) is 3.75. The fourth-order valence-corrected chi connectivity index (χ4v) is 2.70. The van der Waals surface area contributed by atoms with Crippen molar-refractivity contribution in [2.24, 2.45) is 0 Å². The van der Waals surface area contributed by atoms with E-state index in [1.165, 1.54) is 0 Å². The predicted molar refractivity (Wildman–Crippen MR) is 83.3 cm³/mol. The third kappa shape index (κ3) is 3.09. The Morgan fingerprint density at radius 1 is 1.11 bits per heavy atom. The Hall–Kier alpha value is -1.07. The monoisotopic (exact) mass is 366 g/mol. The number of rotatable bonds is 4. The van der Waals surface area contributed by atoms with Crippen LogP contribution in [0, 0.1) is 3.57 Å². The molecule has 2 aromatic carbocycles. The molecule has 2 nitrogen and oxygen atoms in total. The Morgan fingerprint density at radius 3 is 2.63 bits per heavy atom. The number of benzene rings is 2. The average molecular weight is 366 g/mol. The molecule has 1 atom stereocenters. The van der Waals surface area contributed by atoms with E-state index in [1.54, 1.807) is 0 Å². The second kappa shape index (κ2) is 5.51. The maximum absolute atomic E-state index is 10.5. The van der Waals surface area contributed by atoms with E-state index in [9.17, 15) is 5.11 Å². The fraction of sp³-hybridized carbons (Fsp3) is 0.250. The summed E-state index contributed by atoms with van der Waals surface area (Å²) in [6, 6.07) is 15.6. The lowest BCUT2D eigenvalue weighted by Gasteiger charge is -2.14. The van der Waals surface area contributed by atoms with Gasteiger partial charge in [-0.2, -0.15) is 0 Å². The first kappa shape index (κ1) is 12.9. The first-order valence-corrected chi connectivity index (χ1v) is 7.51. The smallest absolute Gasteiger partial charge is 0.120 e. The molecule has 98 valence electrons. The van der Waals surface area contributed by atoms with Crippen molar-refractivity contribution in [1.29, 1.82) is 0 Å². The molecule has 0 radical (unpaired) electrons. The maximum atomic E-state index is 10.5. The zero-order valence-corrected chi connectivity index (χ0v) is 12.6. The van der Waals surface area contributed by atoms with Crippen LogP contribution in [0.1, 0.15) is 30.1 Å². The van der Waals surface area contributed by atoms with Crippen LogP contribution in [0.5, 0.6) is 5.75 Å². The van der Waals surface area contributed by atoms with Gasteiger partial charge in [0.25, 0.3) is 0 Å². The van der Waals surface area contributed by atoms with E-state index in [0.717, 1.165) is 33.3 Å². The molecule has 1 saturated carbocycles. The van der Waals surface area contributed by atoms with Crippen molar-refractivity contribution in [3.8, 4) is 5.75 Å². The van der Waals surface area contributed by atoms with E-state index in [-0.39, 0.29) is 0 Å². The van der Waals surface area contributed by atoms with Crippen molar-refractivity contribution < 1.29 is 9.84 Å². The van der Waals surface area contributed by atoms with Crippen molar-refractivity contribution in [2.45, 2.75) is 25.0 Å². The highest BCUT2D eigenvalue weighted by molar-refractivity contribution is 14.1. The molecule has 0 aromatic heterocycles. The molecular weight excluding hydrogens is 351 g/mol. The molecule has 0 amide bonds. The quantitative estimate of drug-likeness (QED) is 0.832. The van der Waals surface area contributed by atoms with E-state index in [4.69, 9.17) is 4.74 Å². The highest BCUT2D eigenvalue weighted by Crippen LogP contribution is 2.31. The lowest BCUT2D eigenvalue weighted by atomic mass is 10.0. The molecule has 0 spiro atoms. The van der Waals surface area contributed by atoms with Gasteiger partial charge in [-0.25, -0.2) is 0 Å². The predicted octanol–water partition coefficient (Wildman–Crippen LogP) is 3.91. The van der Waals surface area contributed by atoms with E-state index in [2.05, 4.69) is 22.6 Å². The van der Waals surface area contributed by atoms with Gasteiger partial charge in [0.05, 0.1) is 6.10 Å². The zero-order valence-electron chi connectivity index (χ0n) is 10.4. The third-order valence-electron chi connectivity index (χ3n) is 3.20. The lowest BCUT2D eigenvalue weighted by Crippen LogP contribution is -2.03. The summed E-state index contributed by atoms with van der Waals surface area (Å²) in [7, 11) is 0. The van der Waals surface area contributed by atoms with Gasteiger partial charge in [-0.05, 0) is 64.8 Å². The van der Waals surface area contributed by atoms with Crippen LogP contribution >= 0.6 is 22.6 Å². The van der Waals surface area contributed by atoms with Gasteiger partial charge in [0, 0.05) is 3.57 Å². The molecule has 1 unspecified atom stereocenters. The maximum Gasteiger partial charge on any atom is 0.120 e. The normalized spacial score (nSPS) is 16.1. The first-order valence-electron chi connectivity index (χ1n) is 6.43. The molecular formula is C16H15IO2. The topological polar surface area (TPSA) is 29.5 Å². The third-order valence-corrected chi connectivity index (χ3v) is 4.18. The van der Waals surface area contributed by atoms with Crippen LogP contribution in [0.3, 0.4) is 0 Å². The van der Waals surface area contributed by atoms with Gasteiger partial charge in [-0.15, -0.1) is 0 Å². The van der Waals surface area contributed by atoms with Crippen LogP contribution < -0.4 is 4.74 Å². The number of hydrogen-bond acceptors (Lipinski definition) is 2. The van der Waals surface area contributed by atoms with Crippen molar-refractivity contribution in [2.75, 3.05) is 0 Å². The Balaban J connectivity index is 1.86. The molecule has 19 heavy (non-hydrogen) atoms. The Morgan fingerprint density at radius 2 is 1.89 bits per heavy atom. The Bertz CT molecular complexity index is 578. The zero-order chi connectivity index (χ0) is 13.2. The van der Waals surface area contributed by atoms with E-state index >= 15 is 0 Å². The average Bonchev–Trinajstić information content (AvgIpc) is 3.23.